The van der Waals surface area contributed by atoms with Crippen molar-refractivity contribution in [3.63, 3.8) is 0 Å². The summed E-state index contributed by atoms with van der Waals surface area (Å²) < 4.78 is 16.7. The van der Waals surface area contributed by atoms with Crippen molar-refractivity contribution in [2.75, 3.05) is 13.2 Å². The van der Waals surface area contributed by atoms with E-state index in [-0.39, 0.29) is 31.1 Å². The number of esters is 3. The molecular weight excluding hydrogens is 733 g/mol. The van der Waals surface area contributed by atoms with E-state index in [1.165, 1.54) is 173 Å². The summed E-state index contributed by atoms with van der Waals surface area (Å²) in [7, 11) is 0. The van der Waals surface area contributed by atoms with Gasteiger partial charge in [0.05, 0.1) is 0 Å². The Bertz CT molecular complexity index is 902. The molecule has 0 aromatic carbocycles. The van der Waals surface area contributed by atoms with Crippen LogP contribution in [0.4, 0.5) is 0 Å². The number of ether oxygens (including phenoxy) is 3. The first-order chi connectivity index (χ1) is 28.8. The molecule has 350 valence electrons. The molecule has 2 atom stereocenters. The van der Waals surface area contributed by atoms with Gasteiger partial charge in [-0.05, 0) is 31.1 Å². The van der Waals surface area contributed by atoms with E-state index in [0.29, 0.717) is 19.3 Å². The standard InChI is InChI=1S/C53H102O6/c1-6-8-9-31-38-43-51(54)57-46-50(59-53(56)45-40-35-30-26-22-18-19-23-27-32-36-41-48(3)4)47-58-52(55)44-39-34-29-25-21-17-15-13-11-10-12-14-16-20-24-28-33-37-42-49(5)7-2/h48-50H,6-47H2,1-5H3/t49?,50-/m0/s1. The molecule has 0 aliphatic rings. The number of rotatable bonds is 47. The third kappa shape index (κ3) is 45.8. The van der Waals surface area contributed by atoms with Gasteiger partial charge in [0, 0.05) is 19.3 Å². The number of unbranched alkanes of at least 4 members (excludes halogenated alkanes) is 31. The molecule has 0 rings (SSSR count). The lowest BCUT2D eigenvalue weighted by molar-refractivity contribution is -0.167. The molecule has 0 aromatic rings. The average Bonchev–Trinajstić information content (AvgIpc) is 3.22. The highest BCUT2D eigenvalue weighted by Crippen LogP contribution is 2.18. The van der Waals surface area contributed by atoms with E-state index >= 15 is 0 Å². The quantitative estimate of drug-likeness (QED) is 0.0345. The predicted octanol–water partition coefficient (Wildman–Crippen LogP) is 16.9. The van der Waals surface area contributed by atoms with Crippen LogP contribution < -0.4 is 0 Å². The van der Waals surface area contributed by atoms with Crippen LogP contribution in [0.2, 0.25) is 0 Å². The van der Waals surface area contributed by atoms with Crippen molar-refractivity contribution in [1.82, 2.24) is 0 Å². The highest BCUT2D eigenvalue weighted by molar-refractivity contribution is 5.71. The molecule has 1 unspecified atom stereocenters. The van der Waals surface area contributed by atoms with Gasteiger partial charge in [-0.25, -0.2) is 0 Å². The van der Waals surface area contributed by atoms with Crippen molar-refractivity contribution in [3.05, 3.63) is 0 Å². The molecule has 0 saturated heterocycles. The second-order valence-corrected chi connectivity index (χ2v) is 18.9. The Kier molecular flexibility index (Phi) is 44.7. The van der Waals surface area contributed by atoms with Crippen LogP contribution in [0.15, 0.2) is 0 Å². The van der Waals surface area contributed by atoms with E-state index in [1.807, 2.05) is 0 Å². The SMILES string of the molecule is CCCCCCCC(=O)OC[C@@H](COC(=O)CCCCCCCCCCCCCCCCCCCCC(C)CC)OC(=O)CCCCCCCCCCCCCC(C)C. The molecule has 0 aliphatic heterocycles. The molecule has 0 bridgehead atoms. The molecular formula is C53H102O6. The van der Waals surface area contributed by atoms with Crippen molar-refractivity contribution in [2.24, 2.45) is 11.8 Å². The van der Waals surface area contributed by atoms with Gasteiger partial charge in [-0.1, -0.05) is 253 Å². The second kappa shape index (κ2) is 45.9. The van der Waals surface area contributed by atoms with Gasteiger partial charge in [-0.2, -0.15) is 0 Å². The smallest absolute Gasteiger partial charge is 0.306 e. The van der Waals surface area contributed by atoms with Gasteiger partial charge in [-0.15, -0.1) is 0 Å². The fraction of sp³-hybridized carbons (Fsp3) is 0.943. The van der Waals surface area contributed by atoms with E-state index in [4.69, 9.17) is 14.2 Å². The summed E-state index contributed by atoms with van der Waals surface area (Å²) in [5.74, 6) is 0.872. The molecule has 0 radical (unpaired) electrons. The Morgan fingerprint density at radius 3 is 0.966 bits per heavy atom. The molecule has 0 amide bonds. The minimum Gasteiger partial charge on any atom is -0.462 e. The summed E-state index contributed by atoms with van der Waals surface area (Å²) in [6.07, 6.45) is 47.0. The van der Waals surface area contributed by atoms with E-state index in [2.05, 4.69) is 34.6 Å². The number of hydrogen-bond donors (Lipinski definition) is 0. The first-order valence-corrected chi connectivity index (χ1v) is 26.3. The minimum absolute atomic E-state index is 0.0647. The van der Waals surface area contributed by atoms with Crippen LogP contribution in [0.5, 0.6) is 0 Å². The second-order valence-electron chi connectivity index (χ2n) is 18.9. The van der Waals surface area contributed by atoms with Crippen molar-refractivity contribution in [1.29, 1.82) is 0 Å². The lowest BCUT2D eigenvalue weighted by Gasteiger charge is -2.18. The Morgan fingerprint density at radius 2 is 0.644 bits per heavy atom. The van der Waals surface area contributed by atoms with Gasteiger partial charge in [-0.3, -0.25) is 14.4 Å². The largest absolute Gasteiger partial charge is 0.462 e. The van der Waals surface area contributed by atoms with Crippen LogP contribution in [-0.2, 0) is 28.6 Å². The molecule has 0 fully saturated rings. The summed E-state index contributed by atoms with van der Waals surface area (Å²) >= 11 is 0. The van der Waals surface area contributed by atoms with Gasteiger partial charge < -0.3 is 14.2 Å². The van der Waals surface area contributed by atoms with Crippen LogP contribution in [-0.4, -0.2) is 37.2 Å². The molecule has 0 aromatic heterocycles. The number of carbonyl (C=O) groups is 3. The summed E-state index contributed by atoms with van der Waals surface area (Å²) in [6.45, 7) is 11.3. The van der Waals surface area contributed by atoms with Crippen molar-refractivity contribution < 1.29 is 28.6 Å². The Balaban J connectivity index is 4.05. The van der Waals surface area contributed by atoms with Crippen LogP contribution in [0.1, 0.15) is 291 Å². The first-order valence-electron chi connectivity index (χ1n) is 26.3. The third-order valence-electron chi connectivity index (χ3n) is 12.3. The maximum absolute atomic E-state index is 12.7. The predicted molar refractivity (Wildman–Crippen MR) is 252 cm³/mol. The zero-order valence-electron chi connectivity index (χ0n) is 40.4. The summed E-state index contributed by atoms with van der Waals surface area (Å²) in [5.41, 5.74) is 0. The highest BCUT2D eigenvalue weighted by Gasteiger charge is 2.19. The summed E-state index contributed by atoms with van der Waals surface area (Å²) in [6, 6.07) is 0. The van der Waals surface area contributed by atoms with E-state index in [0.717, 1.165) is 76.0 Å². The Labute approximate surface area is 368 Å². The molecule has 59 heavy (non-hydrogen) atoms. The van der Waals surface area contributed by atoms with Gasteiger partial charge in [0.15, 0.2) is 6.10 Å². The van der Waals surface area contributed by atoms with Gasteiger partial charge >= 0.3 is 17.9 Å². The normalized spacial score (nSPS) is 12.5. The average molecular weight is 835 g/mol. The van der Waals surface area contributed by atoms with Crippen LogP contribution in [0.3, 0.4) is 0 Å². The minimum atomic E-state index is -0.759. The topological polar surface area (TPSA) is 78.9 Å². The lowest BCUT2D eigenvalue weighted by atomic mass is 9.99. The van der Waals surface area contributed by atoms with Crippen molar-refractivity contribution in [2.45, 2.75) is 298 Å². The van der Waals surface area contributed by atoms with Crippen molar-refractivity contribution in [3.8, 4) is 0 Å². The van der Waals surface area contributed by atoms with Gasteiger partial charge in [0.1, 0.15) is 13.2 Å². The summed E-state index contributed by atoms with van der Waals surface area (Å²) in [4.78, 5) is 37.6. The third-order valence-corrected chi connectivity index (χ3v) is 12.3. The molecule has 6 nitrogen and oxygen atoms in total. The number of carbonyl (C=O) groups excluding carboxylic acids is 3. The van der Waals surface area contributed by atoms with Crippen LogP contribution in [0.25, 0.3) is 0 Å². The molecule has 6 heteroatoms. The van der Waals surface area contributed by atoms with Crippen molar-refractivity contribution >= 4 is 17.9 Å². The van der Waals surface area contributed by atoms with E-state index < -0.39 is 6.10 Å². The Hall–Kier alpha value is -1.59. The molecule has 0 N–H and O–H groups in total. The van der Waals surface area contributed by atoms with Gasteiger partial charge in [0.25, 0.3) is 0 Å². The fourth-order valence-electron chi connectivity index (χ4n) is 7.96. The van der Waals surface area contributed by atoms with Crippen LogP contribution >= 0.6 is 0 Å². The zero-order valence-corrected chi connectivity index (χ0v) is 40.4. The summed E-state index contributed by atoms with van der Waals surface area (Å²) in [5, 5.41) is 0. The maximum atomic E-state index is 12.7. The lowest BCUT2D eigenvalue weighted by Crippen LogP contribution is -2.30. The zero-order chi connectivity index (χ0) is 43.3. The highest BCUT2D eigenvalue weighted by atomic mass is 16.6. The van der Waals surface area contributed by atoms with E-state index in [9.17, 15) is 14.4 Å². The molecule has 0 aliphatic carbocycles. The monoisotopic (exact) mass is 835 g/mol. The molecule has 0 saturated carbocycles. The van der Waals surface area contributed by atoms with E-state index in [1.54, 1.807) is 0 Å². The van der Waals surface area contributed by atoms with Gasteiger partial charge in [0.2, 0.25) is 0 Å². The Morgan fingerprint density at radius 1 is 0.356 bits per heavy atom. The first kappa shape index (κ1) is 57.4. The van der Waals surface area contributed by atoms with Crippen LogP contribution in [0, 0.1) is 11.8 Å². The fourth-order valence-corrected chi connectivity index (χ4v) is 7.96. The molecule has 0 heterocycles. The number of hydrogen-bond acceptors (Lipinski definition) is 6. The maximum Gasteiger partial charge on any atom is 0.306 e. The molecule has 0 spiro atoms.